The molecule has 0 aliphatic carbocycles. The number of aryl methyl sites for hydroxylation is 1. The molecule has 0 aliphatic rings. The van der Waals surface area contributed by atoms with Crippen LogP contribution in [0.5, 0.6) is 5.75 Å². The molecule has 0 fully saturated rings. The van der Waals surface area contributed by atoms with Gasteiger partial charge in [-0.2, -0.15) is 0 Å². The Balaban J connectivity index is 3.02. The maximum atomic E-state index is 12.1. The second-order valence-corrected chi connectivity index (χ2v) is 4.31. The van der Waals surface area contributed by atoms with Crippen LogP contribution in [-0.2, 0) is 11.2 Å². The lowest BCUT2D eigenvalue weighted by atomic mass is 10.0. The fraction of sp³-hybridized carbons (Fsp3) is 0.250. The molecule has 0 spiro atoms. The Hall–Kier alpha value is -2.36. The van der Waals surface area contributed by atoms with Crippen LogP contribution < -0.4 is 4.74 Å². The molecule has 0 aromatic heterocycles. The van der Waals surface area contributed by atoms with E-state index in [1.54, 1.807) is 19.1 Å². The van der Waals surface area contributed by atoms with Gasteiger partial charge in [0.1, 0.15) is 5.75 Å². The molecule has 106 valence electrons. The molecule has 1 N–H and O–H groups in total. The minimum absolute atomic E-state index is 0.213. The number of carbonyl (C=O) groups excluding carboxylic acids is 1. The predicted octanol–water partition coefficient (Wildman–Crippen LogP) is 3.03. The van der Waals surface area contributed by atoms with Crippen molar-refractivity contribution >= 4 is 11.8 Å². The highest BCUT2D eigenvalue weighted by Crippen LogP contribution is 2.21. The van der Waals surface area contributed by atoms with E-state index in [9.17, 15) is 9.59 Å². The summed E-state index contributed by atoms with van der Waals surface area (Å²) in [7, 11) is 1.51. The van der Waals surface area contributed by atoms with Crippen molar-refractivity contribution in [3.63, 3.8) is 0 Å². The van der Waals surface area contributed by atoms with E-state index in [0.29, 0.717) is 16.9 Å². The van der Waals surface area contributed by atoms with Crippen LogP contribution in [0.3, 0.4) is 0 Å². The number of hydrogen-bond donors (Lipinski definition) is 1. The van der Waals surface area contributed by atoms with Crippen LogP contribution in [0.25, 0.3) is 0 Å². The lowest BCUT2D eigenvalue weighted by molar-refractivity contribution is -0.131. The normalized spacial score (nSPS) is 11.7. The van der Waals surface area contributed by atoms with E-state index in [1.165, 1.54) is 19.3 Å². The fourth-order valence-electron chi connectivity index (χ4n) is 1.71. The van der Waals surface area contributed by atoms with Crippen LogP contribution in [0.1, 0.15) is 29.8 Å². The minimum atomic E-state index is -1.04. The van der Waals surface area contributed by atoms with Crippen LogP contribution in [0.4, 0.5) is 0 Å². The van der Waals surface area contributed by atoms with Gasteiger partial charge in [-0.1, -0.05) is 19.1 Å². The molecular weight excluding hydrogens is 256 g/mol. The quantitative estimate of drug-likeness (QED) is 0.492. The summed E-state index contributed by atoms with van der Waals surface area (Å²) in [5, 5.41) is 8.60. The van der Waals surface area contributed by atoms with Crippen molar-refractivity contribution in [1.82, 2.24) is 0 Å². The van der Waals surface area contributed by atoms with E-state index in [4.69, 9.17) is 9.84 Å². The Morgan fingerprint density at radius 2 is 2.00 bits per heavy atom. The van der Waals surface area contributed by atoms with Crippen molar-refractivity contribution in [2.75, 3.05) is 7.11 Å². The first-order valence-electron chi connectivity index (χ1n) is 6.28. The Bertz CT molecular complexity index is 568. The van der Waals surface area contributed by atoms with Crippen molar-refractivity contribution in [3.8, 4) is 5.75 Å². The number of carboxylic acid groups (broad SMARTS) is 1. The molecule has 0 bridgehead atoms. The van der Waals surface area contributed by atoms with E-state index in [2.05, 4.69) is 0 Å². The Labute approximate surface area is 118 Å². The number of rotatable bonds is 6. The van der Waals surface area contributed by atoms with Gasteiger partial charge in [-0.15, -0.1) is 0 Å². The van der Waals surface area contributed by atoms with Crippen molar-refractivity contribution in [2.45, 2.75) is 20.3 Å². The number of hydrogen-bond acceptors (Lipinski definition) is 3. The molecule has 0 atom stereocenters. The molecule has 0 radical (unpaired) electrons. The highest BCUT2D eigenvalue weighted by molar-refractivity contribution is 6.07. The lowest BCUT2D eigenvalue weighted by Gasteiger charge is -2.07. The Morgan fingerprint density at radius 1 is 1.30 bits per heavy atom. The van der Waals surface area contributed by atoms with E-state index < -0.39 is 5.97 Å². The smallest absolute Gasteiger partial charge is 0.328 e. The van der Waals surface area contributed by atoms with Crippen LogP contribution in [0.2, 0.25) is 0 Å². The second kappa shape index (κ2) is 7.28. The zero-order valence-corrected chi connectivity index (χ0v) is 11.8. The van der Waals surface area contributed by atoms with E-state index >= 15 is 0 Å². The number of carbonyl (C=O) groups is 2. The Morgan fingerprint density at radius 3 is 2.55 bits per heavy atom. The number of ketones is 1. The fourth-order valence-corrected chi connectivity index (χ4v) is 1.71. The van der Waals surface area contributed by atoms with Gasteiger partial charge in [-0.05, 0) is 42.7 Å². The average Bonchev–Trinajstić information content (AvgIpc) is 2.43. The number of ether oxygens (including phenoxy) is 1. The molecule has 20 heavy (non-hydrogen) atoms. The van der Waals surface area contributed by atoms with Gasteiger partial charge in [0, 0.05) is 6.08 Å². The molecule has 0 aliphatic heterocycles. The topological polar surface area (TPSA) is 63.6 Å². The van der Waals surface area contributed by atoms with Gasteiger partial charge in [0.25, 0.3) is 0 Å². The zero-order chi connectivity index (χ0) is 15.1. The standard InChI is InChI=1S/C16H18O4/c1-4-12-6-8-15(20-3)13(10-12)14(17)7-5-11(2)9-16(18)19/h5-10H,4H2,1-3H3,(H,18,19)/b7-5+,11-9+. The zero-order valence-electron chi connectivity index (χ0n) is 11.8. The molecule has 1 aromatic rings. The van der Waals surface area contributed by atoms with Gasteiger partial charge in [-0.3, -0.25) is 4.79 Å². The molecule has 1 rings (SSSR count). The molecule has 0 unspecified atom stereocenters. The first-order valence-corrected chi connectivity index (χ1v) is 6.28. The lowest BCUT2D eigenvalue weighted by Crippen LogP contribution is -2.00. The molecule has 0 heterocycles. The SMILES string of the molecule is CCc1ccc(OC)c(C(=O)/C=C/C(C)=C/C(=O)O)c1. The molecule has 0 amide bonds. The molecule has 4 heteroatoms. The first kappa shape index (κ1) is 15.7. The largest absolute Gasteiger partial charge is 0.496 e. The molecule has 4 nitrogen and oxygen atoms in total. The summed E-state index contributed by atoms with van der Waals surface area (Å²) in [6.45, 7) is 3.63. The summed E-state index contributed by atoms with van der Waals surface area (Å²) >= 11 is 0. The summed E-state index contributed by atoms with van der Waals surface area (Å²) in [6.07, 6.45) is 4.70. The van der Waals surface area contributed by atoms with Crippen LogP contribution in [0, 0.1) is 0 Å². The number of aliphatic carboxylic acids is 1. The molecule has 0 saturated carbocycles. The maximum absolute atomic E-state index is 12.1. The Kier molecular flexibility index (Phi) is 5.72. The number of allylic oxidation sites excluding steroid dienone is 3. The highest BCUT2D eigenvalue weighted by atomic mass is 16.5. The summed E-state index contributed by atoms with van der Waals surface area (Å²) in [5.74, 6) is -0.739. The average molecular weight is 274 g/mol. The summed E-state index contributed by atoms with van der Waals surface area (Å²) < 4.78 is 5.17. The van der Waals surface area contributed by atoms with Gasteiger partial charge in [0.05, 0.1) is 12.7 Å². The third kappa shape index (κ3) is 4.39. The summed E-state index contributed by atoms with van der Waals surface area (Å²) in [6, 6.07) is 5.47. The third-order valence-electron chi connectivity index (χ3n) is 2.79. The van der Waals surface area contributed by atoms with Crippen LogP contribution in [-0.4, -0.2) is 24.0 Å². The van der Waals surface area contributed by atoms with E-state index in [0.717, 1.165) is 18.1 Å². The van der Waals surface area contributed by atoms with E-state index in [-0.39, 0.29) is 5.78 Å². The number of carboxylic acids is 1. The highest BCUT2D eigenvalue weighted by Gasteiger charge is 2.10. The first-order chi connectivity index (χ1) is 9.47. The van der Waals surface area contributed by atoms with Gasteiger partial charge in [-0.25, -0.2) is 4.79 Å². The van der Waals surface area contributed by atoms with Gasteiger partial charge in [0.15, 0.2) is 5.78 Å². The van der Waals surface area contributed by atoms with Gasteiger partial charge < -0.3 is 9.84 Å². The molecule has 0 saturated heterocycles. The van der Waals surface area contributed by atoms with Crippen molar-refractivity contribution in [2.24, 2.45) is 0 Å². The van der Waals surface area contributed by atoms with Crippen molar-refractivity contribution in [1.29, 1.82) is 0 Å². The summed E-state index contributed by atoms with van der Waals surface area (Å²) in [4.78, 5) is 22.6. The molecule has 1 aromatic carbocycles. The van der Waals surface area contributed by atoms with Gasteiger partial charge >= 0.3 is 5.97 Å². The van der Waals surface area contributed by atoms with Crippen LogP contribution in [0.15, 0.2) is 42.0 Å². The number of benzene rings is 1. The number of methoxy groups -OCH3 is 1. The van der Waals surface area contributed by atoms with Gasteiger partial charge in [0.2, 0.25) is 0 Å². The van der Waals surface area contributed by atoms with Crippen LogP contribution >= 0.6 is 0 Å². The maximum Gasteiger partial charge on any atom is 0.328 e. The van der Waals surface area contributed by atoms with E-state index in [1.807, 2.05) is 13.0 Å². The minimum Gasteiger partial charge on any atom is -0.496 e. The van der Waals surface area contributed by atoms with Crippen molar-refractivity contribution in [3.05, 3.63) is 53.1 Å². The van der Waals surface area contributed by atoms with Crippen molar-refractivity contribution < 1.29 is 19.4 Å². The monoisotopic (exact) mass is 274 g/mol. The molecular formula is C16H18O4. The third-order valence-corrected chi connectivity index (χ3v) is 2.79. The second-order valence-electron chi connectivity index (χ2n) is 4.31. The predicted molar refractivity (Wildman–Crippen MR) is 77.2 cm³/mol. The summed E-state index contributed by atoms with van der Waals surface area (Å²) in [5.41, 5.74) is 2.02.